The maximum Gasteiger partial charge on any atom is 0.337 e. The highest BCUT2D eigenvalue weighted by Gasteiger charge is 2.09. The van der Waals surface area contributed by atoms with E-state index in [0.717, 1.165) is 0 Å². The topological polar surface area (TPSA) is 84.5 Å². The number of benzene rings is 2. The van der Waals surface area contributed by atoms with Gasteiger partial charge < -0.3 is 15.4 Å². The van der Waals surface area contributed by atoms with Gasteiger partial charge in [0, 0.05) is 16.9 Å². The molecule has 0 unspecified atom stereocenters. The minimum atomic E-state index is -0.435. The molecule has 2 aromatic rings. The van der Waals surface area contributed by atoms with E-state index in [-0.39, 0.29) is 18.2 Å². The molecule has 0 saturated heterocycles. The summed E-state index contributed by atoms with van der Waals surface area (Å²) in [5.74, 6) is -0.772. The van der Waals surface area contributed by atoms with Gasteiger partial charge in [0.15, 0.2) is 5.78 Å². The number of carbonyl (C=O) groups excluding carboxylic acids is 3. The van der Waals surface area contributed by atoms with Crippen LogP contribution < -0.4 is 10.6 Å². The number of nitrogens with one attached hydrogen (secondary N) is 2. The van der Waals surface area contributed by atoms with Gasteiger partial charge in [-0.3, -0.25) is 9.59 Å². The van der Waals surface area contributed by atoms with Gasteiger partial charge in [0.2, 0.25) is 5.91 Å². The number of esters is 1. The lowest BCUT2D eigenvalue weighted by molar-refractivity contribution is -0.114. The number of amides is 1. The second-order valence-electron chi connectivity index (χ2n) is 5.07. The molecule has 1 amide bonds. The van der Waals surface area contributed by atoms with Crippen molar-refractivity contribution < 1.29 is 19.1 Å². The lowest BCUT2D eigenvalue weighted by Crippen LogP contribution is -2.22. The number of para-hydroxylation sites is 1. The van der Waals surface area contributed by atoms with Gasteiger partial charge in [-0.25, -0.2) is 4.79 Å². The van der Waals surface area contributed by atoms with Gasteiger partial charge in [-0.05, 0) is 43.3 Å². The molecule has 0 atom stereocenters. The molecule has 2 N–H and O–H groups in total. The highest BCUT2D eigenvalue weighted by Crippen LogP contribution is 2.15. The van der Waals surface area contributed by atoms with Crippen molar-refractivity contribution in [3.63, 3.8) is 0 Å². The van der Waals surface area contributed by atoms with Crippen molar-refractivity contribution in [2.45, 2.75) is 6.92 Å². The summed E-state index contributed by atoms with van der Waals surface area (Å²) in [7, 11) is 1.31. The highest BCUT2D eigenvalue weighted by atomic mass is 16.5. The van der Waals surface area contributed by atoms with E-state index >= 15 is 0 Å². The van der Waals surface area contributed by atoms with Crippen molar-refractivity contribution in [3.05, 3.63) is 59.7 Å². The molecule has 124 valence electrons. The van der Waals surface area contributed by atoms with Crippen molar-refractivity contribution in [2.75, 3.05) is 24.3 Å². The standard InChI is InChI=1S/C18H18N2O4/c1-12(21)15-5-3-4-6-16(15)19-11-17(22)20-14-9-7-13(8-10-14)18(23)24-2/h3-10,19H,11H2,1-2H3,(H,20,22). The average Bonchev–Trinajstić information content (AvgIpc) is 2.60. The summed E-state index contributed by atoms with van der Waals surface area (Å²) < 4.78 is 4.61. The Bertz CT molecular complexity index is 754. The molecule has 0 aromatic heterocycles. The number of rotatable bonds is 6. The largest absolute Gasteiger partial charge is 0.465 e. The quantitative estimate of drug-likeness (QED) is 0.630. The van der Waals surface area contributed by atoms with Crippen molar-refractivity contribution in [1.29, 1.82) is 0 Å². The van der Waals surface area contributed by atoms with E-state index in [2.05, 4.69) is 15.4 Å². The Morgan fingerprint density at radius 1 is 1.00 bits per heavy atom. The first kappa shape index (κ1) is 17.2. The molecule has 0 saturated carbocycles. The summed E-state index contributed by atoms with van der Waals surface area (Å²) >= 11 is 0. The first-order valence-corrected chi connectivity index (χ1v) is 7.33. The van der Waals surface area contributed by atoms with Crippen molar-refractivity contribution in [2.24, 2.45) is 0 Å². The molecule has 0 fully saturated rings. The third-order valence-corrected chi connectivity index (χ3v) is 3.34. The number of carbonyl (C=O) groups is 3. The van der Waals surface area contributed by atoms with E-state index in [0.29, 0.717) is 22.5 Å². The van der Waals surface area contributed by atoms with Crippen LogP contribution in [0.3, 0.4) is 0 Å². The van der Waals surface area contributed by atoms with Gasteiger partial charge in [0.05, 0.1) is 19.2 Å². The highest BCUT2D eigenvalue weighted by molar-refractivity contribution is 6.01. The summed E-state index contributed by atoms with van der Waals surface area (Å²) in [6, 6.07) is 13.4. The molecule has 0 aliphatic carbocycles. The number of anilines is 2. The number of Topliss-reactive ketones (excluding diaryl/α,β-unsaturated/α-hetero) is 1. The minimum absolute atomic E-state index is 0.0169. The third-order valence-electron chi connectivity index (χ3n) is 3.34. The van der Waals surface area contributed by atoms with Crippen LogP contribution in [-0.2, 0) is 9.53 Å². The van der Waals surface area contributed by atoms with Gasteiger partial charge in [0.25, 0.3) is 0 Å². The Labute approximate surface area is 139 Å². The van der Waals surface area contributed by atoms with E-state index in [1.165, 1.54) is 14.0 Å². The summed E-state index contributed by atoms with van der Waals surface area (Å²) in [5.41, 5.74) is 2.12. The van der Waals surface area contributed by atoms with Gasteiger partial charge in [-0.1, -0.05) is 12.1 Å². The lowest BCUT2D eigenvalue weighted by Gasteiger charge is -2.10. The molecular formula is C18H18N2O4. The van der Waals surface area contributed by atoms with E-state index in [9.17, 15) is 14.4 Å². The second kappa shape index (κ2) is 7.92. The van der Waals surface area contributed by atoms with Gasteiger partial charge in [0.1, 0.15) is 0 Å². The van der Waals surface area contributed by atoms with Crippen LogP contribution in [0, 0.1) is 0 Å². The average molecular weight is 326 g/mol. The maximum atomic E-state index is 12.0. The van der Waals surface area contributed by atoms with Crippen LogP contribution in [0.15, 0.2) is 48.5 Å². The van der Waals surface area contributed by atoms with Crippen molar-refractivity contribution in [1.82, 2.24) is 0 Å². The second-order valence-corrected chi connectivity index (χ2v) is 5.07. The zero-order valence-corrected chi connectivity index (χ0v) is 13.5. The smallest absolute Gasteiger partial charge is 0.337 e. The zero-order valence-electron chi connectivity index (χ0n) is 13.5. The Kier molecular flexibility index (Phi) is 5.68. The molecule has 2 rings (SSSR count). The van der Waals surface area contributed by atoms with E-state index in [4.69, 9.17) is 0 Å². The van der Waals surface area contributed by atoms with E-state index < -0.39 is 5.97 Å². The van der Waals surface area contributed by atoms with Crippen LogP contribution in [-0.4, -0.2) is 31.3 Å². The van der Waals surface area contributed by atoms with Gasteiger partial charge in [-0.15, -0.1) is 0 Å². The van der Waals surface area contributed by atoms with Crippen LogP contribution in [0.25, 0.3) is 0 Å². The van der Waals surface area contributed by atoms with Gasteiger partial charge >= 0.3 is 5.97 Å². The molecule has 0 aliphatic rings. The Hall–Kier alpha value is -3.15. The summed E-state index contributed by atoms with van der Waals surface area (Å²) in [6.07, 6.45) is 0. The number of hydrogen-bond acceptors (Lipinski definition) is 5. The van der Waals surface area contributed by atoms with Crippen LogP contribution in [0.1, 0.15) is 27.6 Å². The zero-order chi connectivity index (χ0) is 17.5. The molecule has 6 heteroatoms. The molecule has 0 aliphatic heterocycles. The number of methoxy groups -OCH3 is 1. The predicted molar refractivity (Wildman–Crippen MR) is 91.3 cm³/mol. The van der Waals surface area contributed by atoms with Crippen LogP contribution in [0.4, 0.5) is 11.4 Å². The van der Waals surface area contributed by atoms with Gasteiger partial charge in [-0.2, -0.15) is 0 Å². The maximum absolute atomic E-state index is 12.0. The Morgan fingerprint density at radius 3 is 2.29 bits per heavy atom. The predicted octanol–water partition coefficient (Wildman–Crippen LogP) is 2.73. The van der Waals surface area contributed by atoms with Crippen molar-refractivity contribution in [3.8, 4) is 0 Å². The summed E-state index contributed by atoms with van der Waals surface area (Å²) in [4.78, 5) is 34.9. The molecule has 0 radical (unpaired) electrons. The Balaban J connectivity index is 1.94. The molecule has 0 bridgehead atoms. The van der Waals surface area contributed by atoms with Crippen LogP contribution >= 0.6 is 0 Å². The fourth-order valence-electron chi connectivity index (χ4n) is 2.13. The molecular weight excluding hydrogens is 308 g/mol. The first-order chi connectivity index (χ1) is 11.5. The molecule has 0 spiro atoms. The SMILES string of the molecule is COC(=O)c1ccc(NC(=O)CNc2ccccc2C(C)=O)cc1. The van der Waals surface area contributed by atoms with E-state index in [1.54, 1.807) is 48.5 Å². The summed E-state index contributed by atoms with van der Waals surface area (Å²) in [6.45, 7) is 1.49. The molecule has 2 aromatic carbocycles. The fraction of sp³-hybridized carbons (Fsp3) is 0.167. The molecule has 6 nitrogen and oxygen atoms in total. The number of ketones is 1. The summed E-state index contributed by atoms with van der Waals surface area (Å²) in [5, 5.41) is 5.65. The van der Waals surface area contributed by atoms with E-state index in [1.807, 2.05) is 0 Å². The molecule has 0 heterocycles. The first-order valence-electron chi connectivity index (χ1n) is 7.33. The van der Waals surface area contributed by atoms with Crippen LogP contribution in [0.5, 0.6) is 0 Å². The lowest BCUT2D eigenvalue weighted by atomic mass is 10.1. The Morgan fingerprint density at radius 2 is 1.67 bits per heavy atom. The van der Waals surface area contributed by atoms with Crippen molar-refractivity contribution >= 4 is 29.0 Å². The molecule has 24 heavy (non-hydrogen) atoms. The normalized spacial score (nSPS) is 9.92. The fourth-order valence-corrected chi connectivity index (χ4v) is 2.13. The monoisotopic (exact) mass is 326 g/mol. The van der Waals surface area contributed by atoms with Crippen LogP contribution in [0.2, 0.25) is 0 Å². The minimum Gasteiger partial charge on any atom is -0.465 e. The number of hydrogen-bond donors (Lipinski definition) is 2. The third kappa shape index (κ3) is 4.42. The number of ether oxygens (including phenoxy) is 1.